The maximum atomic E-state index is 12.3. The van der Waals surface area contributed by atoms with Crippen LogP contribution in [0.4, 0.5) is 0 Å². The van der Waals surface area contributed by atoms with Crippen LogP contribution in [0.25, 0.3) is 0 Å². The van der Waals surface area contributed by atoms with Crippen molar-refractivity contribution in [1.29, 1.82) is 0 Å². The lowest BCUT2D eigenvalue weighted by Gasteiger charge is -2.22. The third kappa shape index (κ3) is 3.83. The molecule has 1 aromatic carbocycles. The van der Waals surface area contributed by atoms with Crippen molar-refractivity contribution in [3.63, 3.8) is 0 Å². The van der Waals surface area contributed by atoms with Gasteiger partial charge in [-0.1, -0.05) is 30.3 Å². The van der Waals surface area contributed by atoms with Gasteiger partial charge in [-0.3, -0.25) is 14.3 Å². The van der Waals surface area contributed by atoms with Crippen LogP contribution in [0.2, 0.25) is 0 Å². The first-order valence-corrected chi connectivity index (χ1v) is 8.88. The summed E-state index contributed by atoms with van der Waals surface area (Å²) in [5.74, 6) is -0.420. The highest BCUT2D eigenvalue weighted by molar-refractivity contribution is 5.93. The molecule has 7 nitrogen and oxygen atoms in total. The molecule has 27 heavy (non-hydrogen) atoms. The first kappa shape index (κ1) is 17.2. The van der Waals surface area contributed by atoms with Gasteiger partial charge in [0, 0.05) is 18.9 Å². The van der Waals surface area contributed by atoms with E-state index in [0.29, 0.717) is 13.2 Å². The molecule has 7 heteroatoms. The zero-order chi connectivity index (χ0) is 18.6. The molecule has 0 spiro atoms. The number of nitrogens with zero attached hydrogens (tertiary/aromatic N) is 2. The predicted octanol–water partition coefficient (Wildman–Crippen LogP) is 1.66. The van der Waals surface area contributed by atoms with E-state index in [0.717, 1.165) is 17.7 Å². The molecule has 138 valence electrons. The summed E-state index contributed by atoms with van der Waals surface area (Å²) < 4.78 is 7.72. The van der Waals surface area contributed by atoms with Crippen molar-refractivity contribution >= 4 is 5.91 Å². The number of nitrogens with one attached hydrogen (secondary N) is 2. The van der Waals surface area contributed by atoms with Gasteiger partial charge in [-0.05, 0) is 29.7 Å². The van der Waals surface area contributed by atoms with Gasteiger partial charge in [0.1, 0.15) is 11.7 Å². The van der Waals surface area contributed by atoms with E-state index in [1.807, 2.05) is 29.1 Å². The number of H-pyrrole nitrogens is 1. The second-order valence-corrected chi connectivity index (χ2v) is 6.46. The van der Waals surface area contributed by atoms with Crippen molar-refractivity contribution in [3.8, 4) is 0 Å². The van der Waals surface area contributed by atoms with Crippen molar-refractivity contribution in [2.45, 2.75) is 19.1 Å². The summed E-state index contributed by atoms with van der Waals surface area (Å²) in [4.78, 5) is 26.5. The van der Waals surface area contributed by atoms with Gasteiger partial charge in [0.2, 0.25) is 0 Å². The summed E-state index contributed by atoms with van der Waals surface area (Å²) >= 11 is 0. The Balaban J connectivity index is 1.46. The molecular formula is C20H20N4O3. The molecule has 0 aliphatic carbocycles. The molecule has 0 saturated carbocycles. The van der Waals surface area contributed by atoms with E-state index >= 15 is 0 Å². The molecule has 4 rings (SSSR count). The van der Waals surface area contributed by atoms with Crippen LogP contribution in [0.3, 0.4) is 0 Å². The van der Waals surface area contributed by atoms with Gasteiger partial charge < -0.3 is 15.0 Å². The number of amides is 1. The Labute approximate surface area is 156 Å². The Bertz CT molecular complexity index is 994. The van der Waals surface area contributed by atoms with Crippen LogP contribution >= 0.6 is 0 Å². The quantitative estimate of drug-likeness (QED) is 0.721. The van der Waals surface area contributed by atoms with Crippen molar-refractivity contribution in [1.82, 2.24) is 20.1 Å². The highest BCUT2D eigenvalue weighted by atomic mass is 16.5. The fourth-order valence-corrected chi connectivity index (χ4v) is 3.22. The standard InChI is InChI=1S/C20H20N4O3/c25-19-16(7-4-9-21-19)20(26)22-11-17-18-15(8-10-27-17)13-24(23-18)12-14-5-2-1-3-6-14/h1-7,9,13,17H,8,10-12H2,(H,21,25)(H,22,26)/t17-/m1/s1. The summed E-state index contributed by atoms with van der Waals surface area (Å²) in [6.45, 7) is 1.53. The summed E-state index contributed by atoms with van der Waals surface area (Å²) in [5, 5.41) is 7.44. The molecular weight excluding hydrogens is 344 g/mol. The van der Waals surface area contributed by atoms with Gasteiger partial charge in [-0.2, -0.15) is 5.10 Å². The Kier molecular flexibility index (Phi) is 4.84. The largest absolute Gasteiger partial charge is 0.370 e. The number of aromatic amines is 1. The Morgan fingerprint density at radius 2 is 2.11 bits per heavy atom. The molecule has 0 unspecified atom stereocenters. The SMILES string of the molecule is O=C(NC[C@H]1OCCc2cn(Cc3ccccc3)nc21)c1ccc[nH]c1=O. The van der Waals surface area contributed by atoms with Gasteiger partial charge in [-0.25, -0.2) is 0 Å². The zero-order valence-electron chi connectivity index (χ0n) is 14.7. The molecule has 1 aliphatic heterocycles. The smallest absolute Gasteiger partial charge is 0.260 e. The highest BCUT2D eigenvalue weighted by Gasteiger charge is 2.25. The topological polar surface area (TPSA) is 89.0 Å². The number of pyridine rings is 1. The number of benzene rings is 1. The van der Waals surface area contributed by atoms with E-state index in [1.165, 1.54) is 17.8 Å². The first-order valence-electron chi connectivity index (χ1n) is 8.88. The normalized spacial score (nSPS) is 15.9. The minimum absolute atomic E-state index is 0.0862. The predicted molar refractivity (Wildman–Crippen MR) is 99.6 cm³/mol. The van der Waals surface area contributed by atoms with Crippen LogP contribution in [0.15, 0.2) is 59.7 Å². The minimum atomic E-state index is -0.420. The molecule has 3 heterocycles. The number of carbonyl (C=O) groups excluding carboxylic acids is 1. The van der Waals surface area contributed by atoms with Crippen LogP contribution in [0.1, 0.15) is 33.3 Å². The van der Waals surface area contributed by atoms with E-state index in [-0.39, 0.29) is 18.2 Å². The van der Waals surface area contributed by atoms with Crippen LogP contribution < -0.4 is 10.9 Å². The van der Waals surface area contributed by atoms with Gasteiger partial charge in [-0.15, -0.1) is 0 Å². The van der Waals surface area contributed by atoms with E-state index < -0.39 is 11.5 Å². The molecule has 1 amide bonds. The fraction of sp³-hybridized carbons (Fsp3) is 0.250. The maximum Gasteiger partial charge on any atom is 0.260 e. The third-order valence-electron chi connectivity index (χ3n) is 4.56. The second kappa shape index (κ2) is 7.59. The minimum Gasteiger partial charge on any atom is -0.370 e. The number of carbonyl (C=O) groups is 1. The third-order valence-corrected chi connectivity index (χ3v) is 4.56. The number of hydrogen-bond donors (Lipinski definition) is 2. The van der Waals surface area contributed by atoms with Crippen LogP contribution in [-0.4, -0.2) is 33.8 Å². The zero-order valence-corrected chi connectivity index (χ0v) is 14.7. The van der Waals surface area contributed by atoms with Crippen molar-refractivity contribution in [3.05, 3.63) is 87.6 Å². The average molecular weight is 364 g/mol. The number of hydrogen-bond acceptors (Lipinski definition) is 4. The molecule has 0 bridgehead atoms. The van der Waals surface area contributed by atoms with E-state index in [2.05, 4.69) is 27.5 Å². The van der Waals surface area contributed by atoms with Crippen molar-refractivity contribution in [2.75, 3.05) is 13.2 Å². The number of fused-ring (bicyclic) bond motifs is 1. The van der Waals surface area contributed by atoms with Gasteiger partial charge in [0.15, 0.2) is 0 Å². The molecule has 1 aliphatic rings. The van der Waals surface area contributed by atoms with Crippen LogP contribution in [0.5, 0.6) is 0 Å². The summed E-state index contributed by atoms with van der Waals surface area (Å²) in [5.41, 5.74) is 2.83. The monoisotopic (exact) mass is 364 g/mol. The lowest BCUT2D eigenvalue weighted by molar-refractivity contribution is 0.0383. The van der Waals surface area contributed by atoms with Crippen molar-refractivity contribution in [2.24, 2.45) is 0 Å². The maximum absolute atomic E-state index is 12.3. The number of aromatic nitrogens is 3. The van der Waals surface area contributed by atoms with E-state index in [9.17, 15) is 9.59 Å². The molecule has 1 atom stereocenters. The van der Waals surface area contributed by atoms with Crippen LogP contribution in [0, 0.1) is 0 Å². The number of rotatable bonds is 5. The Morgan fingerprint density at radius 3 is 2.93 bits per heavy atom. The molecule has 0 radical (unpaired) electrons. The molecule has 0 fully saturated rings. The summed E-state index contributed by atoms with van der Waals surface area (Å²) in [6.07, 6.45) is 4.02. The highest BCUT2D eigenvalue weighted by Crippen LogP contribution is 2.25. The first-order chi connectivity index (χ1) is 13.2. The van der Waals surface area contributed by atoms with Gasteiger partial charge >= 0.3 is 0 Å². The Hall–Kier alpha value is -3.19. The fourth-order valence-electron chi connectivity index (χ4n) is 3.22. The molecule has 0 saturated heterocycles. The molecule has 3 aromatic rings. The average Bonchev–Trinajstić information content (AvgIpc) is 3.10. The molecule has 2 aromatic heterocycles. The molecule has 2 N–H and O–H groups in total. The van der Waals surface area contributed by atoms with E-state index in [1.54, 1.807) is 6.07 Å². The van der Waals surface area contributed by atoms with Crippen molar-refractivity contribution < 1.29 is 9.53 Å². The lowest BCUT2D eigenvalue weighted by Crippen LogP contribution is -2.34. The number of ether oxygens (including phenoxy) is 1. The summed E-state index contributed by atoms with van der Waals surface area (Å²) in [6, 6.07) is 13.2. The second-order valence-electron chi connectivity index (χ2n) is 6.46. The Morgan fingerprint density at radius 1 is 1.26 bits per heavy atom. The summed E-state index contributed by atoms with van der Waals surface area (Å²) in [7, 11) is 0. The van der Waals surface area contributed by atoms with Gasteiger partial charge in [0.05, 0.1) is 18.8 Å². The van der Waals surface area contributed by atoms with Crippen LogP contribution in [-0.2, 0) is 17.7 Å². The van der Waals surface area contributed by atoms with Gasteiger partial charge in [0.25, 0.3) is 11.5 Å². The lowest BCUT2D eigenvalue weighted by atomic mass is 10.1. The van der Waals surface area contributed by atoms with E-state index in [4.69, 9.17) is 4.74 Å².